The molecule has 1 aliphatic rings. The maximum atomic E-state index is 10.4. The average molecular weight is 260 g/mol. The SMILES string of the molecule is CC(O)C(N)NS(C)(=O)=O.c1ccc2c(c1)O2. The van der Waals surface area contributed by atoms with Crippen molar-refractivity contribution in [3.63, 3.8) is 0 Å². The predicted octanol–water partition coefficient (Wildman–Crippen LogP) is -0.00650. The molecule has 2 atom stereocenters. The molecule has 4 N–H and O–H groups in total. The topological polar surface area (TPSA) is 105 Å². The molecular weight excluding hydrogens is 244 g/mol. The van der Waals surface area contributed by atoms with E-state index in [-0.39, 0.29) is 0 Å². The maximum Gasteiger partial charge on any atom is 0.210 e. The van der Waals surface area contributed by atoms with Gasteiger partial charge in [-0.1, -0.05) is 12.1 Å². The van der Waals surface area contributed by atoms with Crippen LogP contribution in [0.25, 0.3) is 0 Å². The van der Waals surface area contributed by atoms with Crippen LogP contribution in [0.5, 0.6) is 11.5 Å². The molecule has 6 nitrogen and oxygen atoms in total. The molecule has 0 amide bonds. The third-order valence-electron chi connectivity index (χ3n) is 1.90. The zero-order chi connectivity index (χ0) is 13.1. The van der Waals surface area contributed by atoms with Crippen LogP contribution < -0.4 is 15.2 Å². The van der Waals surface area contributed by atoms with E-state index in [1.54, 1.807) is 0 Å². The Hall–Kier alpha value is -1.15. The van der Waals surface area contributed by atoms with E-state index in [1.807, 2.05) is 29.0 Å². The van der Waals surface area contributed by atoms with Crippen LogP contribution in [0.2, 0.25) is 0 Å². The zero-order valence-corrected chi connectivity index (χ0v) is 10.4. The summed E-state index contributed by atoms with van der Waals surface area (Å²) < 4.78 is 27.8. The quantitative estimate of drug-likeness (QED) is 0.532. The summed E-state index contributed by atoms with van der Waals surface area (Å²) in [5.41, 5.74) is 5.16. The van der Waals surface area contributed by atoms with Crippen LogP contribution in [0, 0.1) is 0 Å². The molecule has 1 heterocycles. The highest BCUT2D eigenvalue weighted by molar-refractivity contribution is 7.88. The number of hydrogen-bond donors (Lipinski definition) is 3. The van der Waals surface area contributed by atoms with E-state index >= 15 is 0 Å². The molecule has 1 aliphatic heterocycles. The number of rotatable bonds is 3. The molecule has 17 heavy (non-hydrogen) atoms. The molecule has 1 aromatic carbocycles. The normalized spacial score (nSPS) is 15.8. The first-order valence-electron chi connectivity index (χ1n) is 4.97. The monoisotopic (exact) mass is 260 g/mol. The minimum absolute atomic E-state index is 0.880. The second-order valence-electron chi connectivity index (χ2n) is 3.71. The van der Waals surface area contributed by atoms with Crippen LogP contribution in [-0.2, 0) is 10.0 Å². The van der Waals surface area contributed by atoms with E-state index in [4.69, 9.17) is 15.6 Å². The number of nitrogens with one attached hydrogen (secondary N) is 1. The Kier molecular flexibility index (Phi) is 4.47. The maximum absolute atomic E-state index is 10.4. The molecule has 0 radical (unpaired) electrons. The second kappa shape index (κ2) is 5.46. The van der Waals surface area contributed by atoms with Crippen LogP contribution in [0.1, 0.15) is 6.92 Å². The number of aliphatic hydroxyl groups excluding tert-OH is 1. The molecule has 7 heteroatoms. The first kappa shape index (κ1) is 13.9. The van der Waals surface area contributed by atoms with Gasteiger partial charge in [0.05, 0.1) is 18.5 Å². The van der Waals surface area contributed by atoms with Crippen molar-refractivity contribution in [2.45, 2.75) is 19.2 Å². The Morgan fingerprint density at radius 1 is 1.35 bits per heavy atom. The summed E-state index contributed by atoms with van der Waals surface area (Å²) in [4.78, 5) is 0. The molecule has 0 bridgehead atoms. The first-order valence-corrected chi connectivity index (χ1v) is 6.86. The summed E-state index contributed by atoms with van der Waals surface area (Å²) in [7, 11) is -3.30. The zero-order valence-electron chi connectivity index (χ0n) is 9.62. The van der Waals surface area contributed by atoms with Crippen molar-refractivity contribution in [3.05, 3.63) is 24.3 Å². The third-order valence-corrected chi connectivity index (χ3v) is 2.60. The summed E-state index contributed by atoms with van der Waals surface area (Å²) >= 11 is 0. The Morgan fingerprint density at radius 2 is 1.82 bits per heavy atom. The fourth-order valence-electron chi connectivity index (χ4n) is 0.957. The number of para-hydroxylation sites is 2. The summed E-state index contributed by atoms with van der Waals surface area (Å²) in [6.07, 6.45) is -0.820. The third kappa shape index (κ3) is 5.64. The number of aliphatic hydroxyl groups is 1. The minimum Gasteiger partial charge on any atom is -0.450 e. The minimum atomic E-state index is -3.30. The van der Waals surface area contributed by atoms with Crippen molar-refractivity contribution in [3.8, 4) is 11.5 Å². The van der Waals surface area contributed by atoms with E-state index in [2.05, 4.69) is 0 Å². The molecule has 0 aliphatic carbocycles. The van der Waals surface area contributed by atoms with E-state index in [0.717, 1.165) is 17.8 Å². The van der Waals surface area contributed by atoms with Crippen molar-refractivity contribution in [2.75, 3.05) is 6.26 Å². The van der Waals surface area contributed by atoms with Crippen molar-refractivity contribution >= 4 is 10.0 Å². The summed E-state index contributed by atoms with van der Waals surface area (Å²) in [5.74, 6) is 2.06. The fraction of sp³-hybridized carbons (Fsp3) is 0.400. The Labute approximate surface area is 100 Å². The Balaban J connectivity index is 0.000000177. The van der Waals surface area contributed by atoms with Crippen LogP contribution in [0.15, 0.2) is 24.3 Å². The van der Waals surface area contributed by atoms with Gasteiger partial charge < -0.3 is 15.6 Å². The molecule has 0 aromatic heterocycles. The number of fused-ring (bicyclic) bond motifs is 1. The molecule has 0 saturated heterocycles. The lowest BCUT2D eigenvalue weighted by molar-refractivity contribution is 0.158. The van der Waals surface area contributed by atoms with Crippen molar-refractivity contribution in [1.29, 1.82) is 0 Å². The highest BCUT2D eigenvalue weighted by atomic mass is 32.2. The molecular formula is C10H16N2O4S. The van der Waals surface area contributed by atoms with Gasteiger partial charge in [-0.2, -0.15) is 4.72 Å². The number of nitrogens with two attached hydrogens (primary N) is 1. The average Bonchev–Trinajstić information content (AvgIpc) is 2.94. The van der Waals surface area contributed by atoms with Gasteiger partial charge in [0.15, 0.2) is 11.5 Å². The van der Waals surface area contributed by atoms with E-state index in [9.17, 15) is 8.42 Å². The Morgan fingerprint density at radius 3 is 2.06 bits per heavy atom. The molecule has 2 unspecified atom stereocenters. The smallest absolute Gasteiger partial charge is 0.210 e. The lowest BCUT2D eigenvalue weighted by Crippen LogP contribution is -2.47. The molecule has 0 spiro atoms. The molecule has 0 fully saturated rings. The predicted molar refractivity (Wildman–Crippen MR) is 64.2 cm³/mol. The van der Waals surface area contributed by atoms with E-state index < -0.39 is 22.3 Å². The van der Waals surface area contributed by atoms with Gasteiger partial charge in [-0.3, -0.25) is 0 Å². The van der Waals surface area contributed by atoms with Gasteiger partial charge in [0, 0.05) is 0 Å². The van der Waals surface area contributed by atoms with Gasteiger partial charge in [0.1, 0.15) is 0 Å². The van der Waals surface area contributed by atoms with Gasteiger partial charge in [-0.25, -0.2) is 8.42 Å². The molecule has 0 saturated carbocycles. The van der Waals surface area contributed by atoms with Gasteiger partial charge in [0.25, 0.3) is 0 Å². The number of ether oxygens (including phenoxy) is 1. The lowest BCUT2D eigenvalue weighted by Gasteiger charge is -2.14. The fourth-order valence-corrected chi connectivity index (χ4v) is 1.65. The second-order valence-corrected chi connectivity index (χ2v) is 5.49. The van der Waals surface area contributed by atoms with E-state index in [1.165, 1.54) is 6.92 Å². The van der Waals surface area contributed by atoms with Crippen LogP contribution in [0.4, 0.5) is 0 Å². The van der Waals surface area contributed by atoms with Crippen LogP contribution in [-0.4, -0.2) is 32.0 Å². The molecule has 1 aromatic rings. The van der Waals surface area contributed by atoms with Gasteiger partial charge in [-0.05, 0) is 19.1 Å². The highest BCUT2D eigenvalue weighted by Gasteiger charge is 2.15. The summed E-state index contributed by atoms with van der Waals surface area (Å²) in [6, 6.07) is 7.84. The number of hydrogen-bond acceptors (Lipinski definition) is 5. The van der Waals surface area contributed by atoms with Crippen LogP contribution in [0.3, 0.4) is 0 Å². The first-order chi connectivity index (χ1) is 7.79. The number of sulfonamides is 1. The highest BCUT2D eigenvalue weighted by Crippen LogP contribution is 2.43. The summed E-state index contributed by atoms with van der Waals surface area (Å²) in [6.45, 7) is 1.41. The van der Waals surface area contributed by atoms with E-state index in [0.29, 0.717) is 0 Å². The molecule has 96 valence electrons. The lowest BCUT2D eigenvalue weighted by atomic mass is 10.3. The Bertz CT molecular complexity index is 452. The van der Waals surface area contributed by atoms with Gasteiger partial charge in [0.2, 0.25) is 10.0 Å². The standard InChI is InChI=1S/C6H4O.C4H12N2O3S/c1-2-4-6-5(3-1)7-6;1-3(7)4(5)6-10(2,8)9/h1-4H;3-4,6-7H,5H2,1-2H3. The van der Waals surface area contributed by atoms with Crippen molar-refractivity contribution in [2.24, 2.45) is 5.73 Å². The molecule has 2 rings (SSSR count). The largest absolute Gasteiger partial charge is 0.450 e. The summed E-state index contributed by atoms with van der Waals surface area (Å²) in [5, 5.41) is 8.73. The van der Waals surface area contributed by atoms with Gasteiger partial charge in [-0.15, -0.1) is 0 Å². The number of benzene rings is 1. The van der Waals surface area contributed by atoms with Crippen molar-refractivity contribution < 1.29 is 18.3 Å². The van der Waals surface area contributed by atoms with Crippen molar-refractivity contribution in [1.82, 2.24) is 4.72 Å². The van der Waals surface area contributed by atoms with Gasteiger partial charge >= 0.3 is 0 Å². The van der Waals surface area contributed by atoms with Crippen LogP contribution >= 0.6 is 0 Å².